The van der Waals surface area contributed by atoms with Crippen molar-refractivity contribution in [2.75, 3.05) is 0 Å². The van der Waals surface area contributed by atoms with Crippen molar-refractivity contribution in [3.05, 3.63) is 34.6 Å². The maximum absolute atomic E-state index is 13.4. The van der Waals surface area contributed by atoms with E-state index in [-0.39, 0.29) is 11.9 Å². The van der Waals surface area contributed by atoms with Crippen molar-refractivity contribution in [1.29, 1.82) is 0 Å². The Bertz CT molecular complexity index is 336. The number of halogens is 2. The van der Waals surface area contributed by atoms with Gasteiger partial charge >= 0.3 is 0 Å². The fourth-order valence-corrected chi connectivity index (χ4v) is 1.80. The Balaban J connectivity index is 2.13. The Morgan fingerprint density at radius 2 is 2.21 bits per heavy atom. The summed E-state index contributed by atoms with van der Waals surface area (Å²) in [4.78, 5) is 0. The van der Waals surface area contributed by atoms with Gasteiger partial charge in [-0.1, -0.05) is 30.5 Å². The van der Waals surface area contributed by atoms with Crippen LogP contribution in [0.3, 0.4) is 0 Å². The standard InChI is InChI=1S/C11H13ClFN/c12-8-3-4-9(10(13)6-8)11(14)5-7-1-2-7/h3-4,6-7,11H,1-2,5,14H2/t11-/m1/s1. The molecule has 1 saturated carbocycles. The average molecular weight is 214 g/mol. The molecule has 0 amide bonds. The Kier molecular flexibility index (Phi) is 2.75. The number of benzene rings is 1. The molecule has 1 aliphatic carbocycles. The summed E-state index contributed by atoms with van der Waals surface area (Å²) in [5.74, 6) is 0.422. The third kappa shape index (κ3) is 2.25. The zero-order valence-corrected chi connectivity index (χ0v) is 8.60. The second-order valence-electron chi connectivity index (χ2n) is 3.95. The van der Waals surface area contributed by atoms with Crippen LogP contribution < -0.4 is 5.73 Å². The summed E-state index contributed by atoms with van der Waals surface area (Å²) >= 11 is 5.66. The third-order valence-corrected chi connectivity index (χ3v) is 2.88. The van der Waals surface area contributed by atoms with Gasteiger partial charge in [0.1, 0.15) is 5.82 Å². The number of rotatable bonds is 3. The topological polar surface area (TPSA) is 26.0 Å². The summed E-state index contributed by atoms with van der Waals surface area (Å²) in [6.45, 7) is 0. The van der Waals surface area contributed by atoms with Crippen LogP contribution in [0, 0.1) is 11.7 Å². The van der Waals surface area contributed by atoms with E-state index in [1.165, 1.54) is 18.9 Å². The molecule has 1 aromatic rings. The molecule has 0 saturated heterocycles. The highest BCUT2D eigenvalue weighted by Gasteiger charge is 2.25. The van der Waals surface area contributed by atoms with Gasteiger partial charge in [-0.2, -0.15) is 0 Å². The number of hydrogen-bond donors (Lipinski definition) is 1. The summed E-state index contributed by atoms with van der Waals surface area (Å²) in [6.07, 6.45) is 3.37. The van der Waals surface area contributed by atoms with Crippen LogP contribution in [0.1, 0.15) is 30.9 Å². The molecule has 0 spiro atoms. The first-order valence-electron chi connectivity index (χ1n) is 4.87. The maximum Gasteiger partial charge on any atom is 0.129 e. The van der Waals surface area contributed by atoms with E-state index in [1.807, 2.05) is 0 Å². The molecule has 2 N–H and O–H groups in total. The molecule has 0 heterocycles. The average Bonchev–Trinajstić information content (AvgIpc) is 2.87. The highest BCUT2D eigenvalue weighted by atomic mass is 35.5. The van der Waals surface area contributed by atoms with Gasteiger partial charge in [0.25, 0.3) is 0 Å². The van der Waals surface area contributed by atoms with Gasteiger partial charge in [0, 0.05) is 16.6 Å². The van der Waals surface area contributed by atoms with Crippen molar-refractivity contribution in [3.63, 3.8) is 0 Å². The Labute approximate surface area is 88.1 Å². The van der Waals surface area contributed by atoms with E-state index in [1.54, 1.807) is 12.1 Å². The van der Waals surface area contributed by atoms with Crippen LogP contribution in [0.2, 0.25) is 5.02 Å². The van der Waals surface area contributed by atoms with E-state index in [4.69, 9.17) is 17.3 Å². The van der Waals surface area contributed by atoms with Gasteiger partial charge in [-0.05, 0) is 24.5 Å². The van der Waals surface area contributed by atoms with Crippen molar-refractivity contribution < 1.29 is 4.39 Å². The summed E-state index contributed by atoms with van der Waals surface area (Å²) in [5, 5.41) is 0.421. The van der Waals surface area contributed by atoms with Gasteiger partial charge in [0.15, 0.2) is 0 Å². The number of nitrogens with two attached hydrogens (primary N) is 1. The minimum absolute atomic E-state index is 0.181. The molecule has 0 bridgehead atoms. The lowest BCUT2D eigenvalue weighted by Gasteiger charge is -2.12. The second-order valence-corrected chi connectivity index (χ2v) is 4.39. The monoisotopic (exact) mass is 213 g/mol. The van der Waals surface area contributed by atoms with Crippen LogP contribution in [-0.4, -0.2) is 0 Å². The lowest BCUT2D eigenvalue weighted by Crippen LogP contribution is -2.12. The lowest BCUT2D eigenvalue weighted by molar-refractivity contribution is 0.543. The van der Waals surface area contributed by atoms with E-state index >= 15 is 0 Å². The minimum atomic E-state index is -0.286. The van der Waals surface area contributed by atoms with Crippen molar-refractivity contribution in [2.45, 2.75) is 25.3 Å². The van der Waals surface area contributed by atoms with Crippen LogP contribution >= 0.6 is 11.6 Å². The smallest absolute Gasteiger partial charge is 0.129 e. The normalized spacial score (nSPS) is 18.2. The van der Waals surface area contributed by atoms with Crippen molar-refractivity contribution >= 4 is 11.6 Å². The fraction of sp³-hybridized carbons (Fsp3) is 0.455. The van der Waals surface area contributed by atoms with E-state index in [0.717, 1.165) is 6.42 Å². The van der Waals surface area contributed by atoms with E-state index < -0.39 is 0 Å². The van der Waals surface area contributed by atoms with Crippen molar-refractivity contribution in [1.82, 2.24) is 0 Å². The molecule has 1 aromatic carbocycles. The first-order chi connectivity index (χ1) is 6.66. The highest BCUT2D eigenvalue weighted by Crippen LogP contribution is 2.37. The van der Waals surface area contributed by atoms with E-state index in [9.17, 15) is 4.39 Å². The van der Waals surface area contributed by atoms with Crippen LogP contribution in [0.25, 0.3) is 0 Å². The second kappa shape index (κ2) is 3.87. The van der Waals surface area contributed by atoms with Gasteiger partial charge < -0.3 is 5.73 Å². The third-order valence-electron chi connectivity index (χ3n) is 2.65. The molecule has 1 fully saturated rings. The SMILES string of the molecule is N[C@H](CC1CC1)c1ccc(Cl)cc1F. The van der Waals surface area contributed by atoms with Crippen LogP contribution in [-0.2, 0) is 0 Å². The summed E-state index contributed by atoms with van der Waals surface area (Å²) in [5.41, 5.74) is 6.49. The molecule has 1 nitrogen and oxygen atoms in total. The van der Waals surface area contributed by atoms with Gasteiger partial charge in [-0.15, -0.1) is 0 Å². The molecule has 0 radical (unpaired) electrons. The molecule has 1 aliphatic rings. The molecular formula is C11H13ClFN. The van der Waals surface area contributed by atoms with Gasteiger partial charge in [0.05, 0.1) is 0 Å². The van der Waals surface area contributed by atoms with E-state index in [0.29, 0.717) is 16.5 Å². The lowest BCUT2D eigenvalue weighted by atomic mass is 10.0. The van der Waals surface area contributed by atoms with Gasteiger partial charge in [0.2, 0.25) is 0 Å². The summed E-state index contributed by atoms with van der Waals surface area (Å²) in [7, 11) is 0. The quantitative estimate of drug-likeness (QED) is 0.820. The van der Waals surface area contributed by atoms with Crippen molar-refractivity contribution in [2.24, 2.45) is 11.7 Å². The summed E-state index contributed by atoms with van der Waals surface area (Å²) in [6, 6.07) is 4.51. The Hall–Kier alpha value is -0.600. The Morgan fingerprint density at radius 1 is 1.50 bits per heavy atom. The summed E-state index contributed by atoms with van der Waals surface area (Å²) < 4.78 is 13.4. The first kappa shape index (κ1) is 9.94. The predicted octanol–water partition coefficient (Wildman–Crippen LogP) is 3.28. The molecule has 76 valence electrons. The van der Waals surface area contributed by atoms with E-state index in [2.05, 4.69) is 0 Å². The largest absolute Gasteiger partial charge is 0.324 e. The highest BCUT2D eigenvalue weighted by molar-refractivity contribution is 6.30. The van der Waals surface area contributed by atoms with Gasteiger partial charge in [-0.3, -0.25) is 0 Å². The zero-order chi connectivity index (χ0) is 10.1. The molecule has 3 heteroatoms. The zero-order valence-electron chi connectivity index (χ0n) is 7.84. The molecule has 2 rings (SSSR count). The molecule has 0 unspecified atom stereocenters. The number of hydrogen-bond acceptors (Lipinski definition) is 1. The minimum Gasteiger partial charge on any atom is -0.324 e. The van der Waals surface area contributed by atoms with Crippen LogP contribution in [0.5, 0.6) is 0 Å². The van der Waals surface area contributed by atoms with Crippen LogP contribution in [0.15, 0.2) is 18.2 Å². The first-order valence-corrected chi connectivity index (χ1v) is 5.25. The van der Waals surface area contributed by atoms with Crippen LogP contribution in [0.4, 0.5) is 4.39 Å². The molecule has 14 heavy (non-hydrogen) atoms. The molecule has 0 aromatic heterocycles. The predicted molar refractivity (Wildman–Crippen MR) is 55.7 cm³/mol. The van der Waals surface area contributed by atoms with Gasteiger partial charge in [-0.25, -0.2) is 4.39 Å². The molecule has 0 aliphatic heterocycles. The fourth-order valence-electron chi connectivity index (χ4n) is 1.64. The Morgan fingerprint density at radius 3 is 2.79 bits per heavy atom. The molecule has 1 atom stereocenters. The van der Waals surface area contributed by atoms with Crippen molar-refractivity contribution in [3.8, 4) is 0 Å². The molecular weight excluding hydrogens is 201 g/mol. The maximum atomic E-state index is 13.4.